The van der Waals surface area contributed by atoms with E-state index in [9.17, 15) is 22.4 Å². The number of rotatable bonds is 1. The normalized spacial score (nSPS) is 16.8. The average molecular weight is 355 g/mol. The van der Waals surface area contributed by atoms with E-state index in [2.05, 4.69) is 15.3 Å². The second-order valence-corrected chi connectivity index (χ2v) is 6.08. The number of piperidine rings is 1. The number of hydrogen-bond donors (Lipinski definition) is 2. The lowest BCUT2D eigenvalue weighted by Gasteiger charge is -2.21. The van der Waals surface area contributed by atoms with Crippen LogP contribution in [0.25, 0.3) is 22.0 Å². The minimum Gasteiger partial charge on any atom is -0.458 e. The van der Waals surface area contributed by atoms with Crippen LogP contribution in [0.4, 0.5) is 17.6 Å². The van der Waals surface area contributed by atoms with Gasteiger partial charge in [0, 0.05) is 12.0 Å². The lowest BCUT2D eigenvalue weighted by Crippen LogP contribution is -2.27. The molecule has 3 aromatic rings. The fourth-order valence-electron chi connectivity index (χ4n) is 3.19. The molecule has 0 spiro atoms. The first kappa shape index (κ1) is 16.1. The Kier molecular flexibility index (Phi) is 3.57. The van der Waals surface area contributed by atoms with Crippen LogP contribution in [0.15, 0.2) is 21.3 Å². The van der Waals surface area contributed by atoms with Gasteiger partial charge in [-0.2, -0.15) is 13.2 Å². The summed E-state index contributed by atoms with van der Waals surface area (Å²) in [4.78, 5) is 17.7. The van der Waals surface area contributed by atoms with E-state index in [1.807, 2.05) is 0 Å². The molecule has 1 aliphatic heterocycles. The van der Waals surface area contributed by atoms with Gasteiger partial charge in [0.25, 0.3) is 0 Å². The Morgan fingerprint density at radius 3 is 2.60 bits per heavy atom. The van der Waals surface area contributed by atoms with E-state index < -0.39 is 28.8 Å². The smallest absolute Gasteiger partial charge is 0.449 e. The van der Waals surface area contributed by atoms with Crippen molar-refractivity contribution in [2.75, 3.05) is 13.1 Å². The first-order valence-corrected chi connectivity index (χ1v) is 7.78. The minimum absolute atomic E-state index is 0.0107. The molecule has 25 heavy (non-hydrogen) atoms. The summed E-state index contributed by atoms with van der Waals surface area (Å²) >= 11 is 0. The van der Waals surface area contributed by atoms with Crippen LogP contribution in [-0.4, -0.2) is 23.1 Å². The van der Waals surface area contributed by atoms with Crippen LogP contribution in [0.1, 0.15) is 30.3 Å². The Labute approximate surface area is 138 Å². The number of alkyl halides is 3. The maximum Gasteiger partial charge on any atom is 0.449 e. The zero-order valence-corrected chi connectivity index (χ0v) is 12.8. The highest BCUT2D eigenvalue weighted by atomic mass is 19.4. The second kappa shape index (κ2) is 5.55. The third-order valence-electron chi connectivity index (χ3n) is 4.44. The molecular formula is C16H13F4N3O2. The van der Waals surface area contributed by atoms with Gasteiger partial charge in [-0.15, -0.1) is 0 Å². The monoisotopic (exact) mass is 355 g/mol. The molecule has 9 heteroatoms. The predicted octanol–water partition coefficient (Wildman–Crippen LogP) is 3.29. The fourth-order valence-corrected chi connectivity index (χ4v) is 3.19. The van der Waals surface area contributed by atoms with Crippen LogP contribution in [0.5, 0.6) is 0 Å². The van der Waals surface area contributed by atoms with Gasteiger partial charge in [-0.1, -0.05) is 0 Å². The SMILES string of the molecule is O=c1cc(C2CCNCC2)oc2c1cc(F)c1nc(C(F)(F)F)[nH]c12. The number of hydrogen-bond acceptors (Lipinski definition) is 4. The van der Waals surface area contributed by atoms with Gasteiger partial charge >= 0.3 is 6.18 Å². The Hall–Kier alpha value is -2.42. The van der Waals surface area contributed by atoms with E-state index in [0.717, 1.165) is 32.0 Å². The number of nitrogens with one attached hydrogen (secondary N) is 2. The summed E-state index contributed by atoms with van der Waals surface area (Å²) < 4.78 is 58.5. The Bertz CT molecular complexity index is 1020. The zero-order valence-electron chi connectivity index (χ0n) is 12.8. The number of aromatic nitrogens is 2. The van der Waals surface area contributed by atoms with Crippen molar-refractivity contribution < 1.29 is 22.0 Å². The Morgan fingerprint density at radius 2 is 1.92 bits per heavy atom. The summed E-state index contributed by atoms with van der Waals surface area (Å²) in [6.07, 6.45) is -3.27. The lowest BCUT2D eigenvalue weighted by molar-refractivity contribution is -0.144. The quantitative estimate of drug-likeness (QED) is 0.657. The van der Waals surface area contributed by atoms with Gasteiger partial charge in [-0.3, -0.25) is 4.79 Å². The summed E-state index contributed by atoms with van der Waals surface area (Å²) in [6.45, 7) is 1.51. The highest BCUT2D eigenvalue weighted by Crippen LogP contribution is 2.33. The molecule has 0 aliphatic carbocycles. The van der Waals surface area contributed by atoms with Crippen molar-refractivity contribution in [1.29, 1.82) is 0 Å². The zero-order chi connectivity index (χ0) is 17.8. The largest absolute Gasteiger partial charge is 0.458 e. The summed E-state index contributed by atoms with van der Waals surface area (Å²) in [5, 5.41) is 3.07. The van der Waals surface area contributed by atoms with Crippen LogP contribution in [0.3, 0.4) is 0 Å². The molecule has 132 valence electrons. The van der Waals surface area contributed by atoms with E-state index in [-0.39, 0.29) is 22.4 Å². The first-order chi connectivity index (χ1) is 11.8. The first-order valence-electron chi connectivity index (χ1n) is 7.78. The Morgan fingerprint density at radius 1 is 1.20 bits per heavy atom. The molecule has 4 rings (SSSR count). The highest BCUT2D eigenvalue weighted by molar-refractivity contribution is 6.00. The van der Waals surface area contributed by atoms with Gasteiger partial charge in [0.15, 0.2) is 16.8 Å². The fraction of sp³-hybridized carbons (Fsp3) is 0.375. The van der Waals surface area contributed by atoms with E-state index >= 15 is 0 Å². The van der Waals surface area contributed by atoms with E-state index in [0.29, 0.717) is 5.76 Å². The number of H-pyrrole nitrogens is 1. The van der Waals surface area contributed by atoms with Crippen LogP contribution in [0, 0.1) is 5.82 Å². The van der Waals surface area contributed by atoms with Gasteiger partial charge in [0.1, 0.15) is 16.8 Å². The lowest BCUT2D eigenvalue weighted by atomic mass is 9.95. The van der Waals surface area contributed by atoms with Crippen molar-refractivity contribution in [2.45, 2.75) is 24.9 Å². The van der Waals surface area contributed by atoms with Crippen molar-refractivity contribution in [2.24, 2.45) is 0 Å². The molecule has 3 heterocycles. The van der Waals surface area contributed by atoms with Gasteiger partial charge < -0.3 is 14.7 Å². The van der Waals surface area contributed by atoms with Crippen molar-refractivity contribution >= 4 is 22.0 Å². The molecule has 0 unspecified atom stereocenters. The number of halogens is 4. The predicted molar refractivity (Wildman–Crippen MR) is 81.9 cm³/mol. The standard InChI is InChI=1S/C16H13F4N3O2/c17-9-5-8-10(24)6-11(7-1-3-21-4-2-7)25-14(8)13-12(9)22-15(23-13)16(18,19)20/h5-7,21H,1-4H2,(H,22,23). The third-order valence-corrected chi connectivity index (χ3v) is 4.44. The van der Waals surface area contributed by atoms with Crippen LogP contribution in [0.2, 0.25) is 0 Å². The number of nitrogens with zero attached hydrogens (tertiary/aromatic N) is 1. The molecule has 1 fully saturated rings. The number of aromatic amines is 1. The van der Waals surface area contributed by atoms with E-state index in [1.54, 1.807) is 0 Å². The topological polar surface area (TPSA) is 70.9 Å². The maximum atomic E-state index is 14.1. The molecular weight excluding hydrogens is 342 g/mol. The van der Waals surface area contributed by atoms with Gasteiger partial charge in [0.05, 0.1) is 5.39 Å². The van der Waals surface area contributed by atoms with E-state index in [1.165, 1.54) is 6.07 Å². The molecule has 2 N–H and O–H groups in total. The summed E-state index contributed by atoms with van der Waals surface area (Å²) in [7, 11) is 0. The highest BCUT2D eigenvalue weighted by Gasteiger charge is 2.36. The van der Waals surface area contributed by atoms with Crippen LogP contribution in [-0.2, 0) is 6.18 Å². The summed E-state index contributed by atoms with van der Waals surface area (Å²) in [5.74, 6) is -1.95. The molecule has 0 amide bonds. The summed E-state index contributed by atoms with van der Waals surface area (Å²) in [5.41, 5.74) is -1.33. The van der Waals surface area contributed by atoms with Crippen molar-refractivity contribution in [3.05, 3.63) is 39.8 Å². The van der Waals surface area contributed by atoms with Crippen molar-refractivity contribution in [1.82, 2.24) is 15.3 Å². The molecule has 1 aromatic carbocycles. The number of fused-ring (bicyclic) bond motifs is 3. The average Bonchev–Trinajstić information content (AvgIpc) is 3.03. The molecule has 0 radical (unpaired) electrons. The van der Waals surface area contributed by atoms with E-state index in [4.69, 9.17) is 4.42 Å². The molecule has 5 nitrogen and oxygen atoms in total. The third kappa shape index (κ3) is 2.68. The van der Waals surface area contributed by atoms with Gasteiger partial charge in [-0.05, 0) is 32.0 Å². The second-order valence-electron chi connectivity index (χ2n) is 6.08. The maximum absolute atomic E-state index is 14.1. The minimum atomic E-state index is -4.76. The molecule has 1 saturated heterocycles. The Balaban J connectivity index is 1.99. The number of benzene rings is 1. The molecule has 1 aliphatic rings. The van der Waals surface area contributed by atoms with Gasteiger partial charge in [-0.25, -0.2) is 9.37 Å². The van der Waals surface area contributed by atoms with Crippen molar-refractivity contribution in [3.63, 3.8) is 0 Å². The summed E-state index contributed by atoms with van der Waals surface area (Å²) in [6, 6.07) is 2.17. The number of imidazole rings is 1. The van der Waals surface area contributed by atoms with Crippen LogP contribution >= 0.6 is 0 Å². The molecule has 2 aromatic heterocycles. The van der Waals surface area contributed by atoms with Crippen molar-refractivity contribution in [3.8, 4) is 0 Å². The molecule has 0 bridgehead atoms. The van der Waals surface area contributed by atoms with Gasteiger partial charge in [0.2, 0.25) is 5.82 Å². The molecule has 0 atom stereocenters. The van der Waals surface area contributed by atoms with Crippen LogP contribution < -0.4 is 10.7 Å². The molecule has 0 saturated carbocycles.